The Morgan fingerprint density at radius 3 is 2.25 bits per heavy atom. The van der Waals surface area contributed by atoms with E-state index in [1.165, 1.54) is 0 Å². The van der Waals surface area contributed by atoms with Crippen LogP contribution in [0.15, 0.2) is 0 Å². The highest BCUT2D eigenvalue weighted by atomic mass is 16.7. The first-order valence-corrected chi connectivity index (χ1v) is 3.62. The highest BCUT2D eigenvalue weighted by molar-refractivity contribution is 4.95. The van der Waals surface area contributed by atoms with Gasteiger partial charge in [0.05, 0.1) is 6.61 Å². The highest BCUT2D eigenvalue weighted by Gasteiger charge is 2.52. The zero-order chi connectivity index (χ0) is 9.35. The Bertz CT molecular complexity index is 166. The van der Waals surface area contributed by atoms with Gasteiger partial charge < -0.3 is 30.9 Å². The molecule has 6 nitrogen and oxygen atoms in total. The number of aliphatic hydroxyl groups is 4. The van der Waals surface area contributed by atoms with Crippen molar-refractivity contribution in [2.75, 3.05) is 13.2 Å². The van der Waals surface area contributed by atoms with Gasteiger partial charge in [-0.3, -0.25) is 0 Å². The van der Waals surface area contributed by atoms with Crippen molar-refractivity contribution >= 4 is 0 Å². The van der Waals surface area contributed by atoms with Crippen LogP contribution in [0.25, 0.3) is 0 Å². The topological polar surface area (TPSA) is 116 Å². The maximum absolute atomic E-state index is 9.30. The maximum Gasteiger partial charge on any atom is 0.219 e. The molecule has 1 unspecified atom stereocenters. The van der Waals surface area contributed by atoms with Crippen LogP contribution in [-0.4, -0.2) is 57.7 Å². The van der Waals surface area contributed by atoms with E-state index in [1.807, 2.05) is 0 Å². The Hall–Kier alpha value is -0.240. The van der Waals surface area contributed by atoms with Crippen molar-refractivity contribution in [1.29, 1.82) is 0 Å². The summed E-state index contributed by atoms with van der Waals surface area (Å²) in [5.41, 5.74) is 5.17. The fourth-order valence-corrected chi connectivity index (χ4v) is 1.19. The second-order valence-corrected chi connectivity index (χ2v) is 2.83. The molecular formula is C6H13NO5. The van der Waals surface area contributed by atoms with Gasteiger partial charge in [-0.05, 0) is 0 Å². The van der Waals surface area contributed by atoms with E-state index >= 15 is 0 Å². The molecule has 72 valence electrons. The molecule has 0 spiro atoms. The predicted molar refractivity (Wildman–Crippen MR) is 38.0 cm³/mol. The Labute approximate surface area is 69.2 Å². The first kappa shape index (κ1) is 9.85. The van der Waals surface area contributed by atoms with Crippen molar-refractivity contribution in [3.63, 3.8) is 0 Å². The van der Waals surface area contributed by atoms with Crippen molar-refractivity contribution in [1.82, 2.24) is 0 Å². The molecule has 12 heavy (non-hydrogen) atoms. The quantitative estimate of drug-likeness (QED) is 0.304. The third-order valence-corrected chi connectivity index (χ3v) is 1.98. The predicted octanol–water partition coefficient (Wildman–Crippen LogP) is -3.25. The number of aliphatic hydroxyl groups excluding tert-OH is 3. The van der Waals surface area contributed by atoms with Gasteiger partial charge in [-0.25, -0.2) is 0 Å². The molecule has 0 aromatic carbocycles. The van der Waals surface area contributed by atoms with Gasteiger partial charge in [0.15, 0.2) is 0 Å². The standard InChI is InChI=1S/C6H13NO5/c7-1-3-4(9)5(10)6(11,2-8)12-3/h3-5,8-11H,1-2,7H2/t3-,4+,5-,6?/m0/s1. The molecular weight excluding hydrogens is 166 g/mol. The van der Waals surface area contributed by atoms with Crippen LogP contribution in [0.3, 0.4) is 0 Å². The minimum atomic E-state index is -2.08. The van der Waals surface area contributed by atoms with Gasteiger partial charge in [-0.1, -0.05) is 0 Å². The van der Waals surface area contributed by atoms with E-state index in [0.29, 0.717) is 0 Å². The number of rotatable bonds is 2. The summed E-state index contributed by atoms with van der Waals surface area (Å²) in [6, 6.07) is 0. The molecule has 1 saturated heterocycles. The van der Waals surface area contributed by atoms with E-state index in [4.69, 9.17) is 15.6 Å². The third-order valence-electron chi connectivity index (χ3n) is 1.98. The first-order chi connectivity index (χ1) is 5.55. The summed E-state index contributed by atoms with van der Waals surface area (Å²) in [7, 11) is 0. The number of hydrogen-bond donors (Lipinski definition) is 5. The Kier molecular flexibility index (Phi) is 2.67. The summed E-state index contributed by atoms with van der Waals surface area (Å²) >= 11 is 0. The molecule has 0 aromatic rings. The Balaban J connectivity index is 2.72. The van der Waals surface area contributed by atoms with E-state index < -0.39 is 30.7 Å². The summed E-state index contributed by atoms with van der Waals surface area (Å²) in [6.45, 7) is -0.803. The second kappa shape index (κ2) is 3.25. The number of hydrogen-bond acceptors (Lipinski definition) is 6. The maximum atomic E-state index is 9.30. The highest BCUT2D eigenvalue weighted by Crippen LogP contribution is 2.27. The lowest BCUT2D eigenvalue weighted by Gasteiger charge is -2.22. The lowest BCUT2D eigenvalue weighted by Crippen LogP contribution is -2.46. The van der Waals surface area contributed by atoms with Gasteiger partial charge in [0, 0.05) is 6.54 Å². The van der Waals surface area contributed by atoms with Gasteiger partial charge in [-0.15, -0.1) is 0 Å². The second-order valence-electron chi connectivity index (χ2n) is 2.83. The smallest absolute Gasteiger partial charge is 0.219 e. The van der Waals surface area contributed by atoms with E-state index in [2.05, 4.69) is 0 Å². The molecule has 1 aliphatic heterocycles. The van der Waals surface area contributed by atoms with Crippen molar-refractivity contribution in [3.05, 3.63) is 0 Å². The van der Waals surface area contributed by atoms with Crippen LogP contribution < -0.4 is 5.73 Å². The van der Waals surface area contributed by atoms with Gasteiger partial charge in [0.25, 0.3) is 0 Å². The molecule has 0 aliphatic carbocycles. The summed E-state index contributed by atoms with van der Waals surface area (Å²) in [5, 5.41) is 36.3. The Morgan fingerprint density at radius 2 is 2.00 bits per heavy atom. The molecule has 4 atom stereocenters. The fourth-order valence-electron chi connectivity index (χ4n) is 1.19. The van der Waals surface area contributed by atoms with Crippen LogP contribution in [0, 0.1) is 0 Å². The van der Waals surface area contributed by atoms with Crippen LogP contribution in [0.1, 0.15) is 0 Å². The average molecular weight is 179 g/mol. The fraction of sp³-hybridized carbons (Fsp3) is 1.00. The van der Waals surface area contributed by atoms with Crippen LogP contribution in [0.5, 0.6) is 0 Å². The normalized spacial score (nSPS) is 48.2. The van der Waals surface area contributed by atoms with E-state index in [1.54, 1.807) is 0 Å². The van der Waals surface area contributed by atoms with Crippen molar-refractivity contribution in [2.45, 2.75) is 24.1 Å². The molecule has 1 fully saturated rings. The van der Waals surface area contributed by atoms with Gasteiger partial charge in [0.1, 0.15) is 18.3 Å². The summed E-state index contributed by atoms with van der Waals surface area (Å²) in [4.78, 5) is 0. The van der Waals surface area contributed by atoms with Crippen LogP contribution in [0.4, 0.5) is 0 Å². The Morgan fingerprint density at radius 1 is 1.42 bits per heavy atom. The lowest BCUT2D eigenvalue weighted by atomic mass is 10.1. The minimum absolute atomic E-state index is 0.0272. The molecule has 6 N–H and O–H groups in total. The van der Waals surface area contributed by atoms with E-state index in [-0.39, 0.29) is 6.54 Å². The zero-order valence-electron chi connectivity index (χ0n) is 6.42. The van der Waals surface area contributed by atoms with E-state index in [0.717, 1.165) is 0 Å². The molecule has 6 heteroatoms. The van der Waals surface area contributed by atoms with Gasteiger partial charge >= 0.3 is 0 Å². The molecule has 1 heterocycles. The minimum Gasteiger partial charge on any atom is -0.391 e. The van der Waals surface area contributed by atoms with Crippen LogP contribution >= 0.6 is 0 Å². The number of ether oxygens (including phenoxy) is 1. The third kappa shape index (κ3) is 1.33. The van der Waals surface area contributed by atoms with Crippen LogP contribution in [-0.2, 0) is 4.74 Å². The van der Waals surface area contributed by atoms with Crippen molar-refractivity contribution in [3.8, 4) is 0 Å². The summed E-state index contributed by atoms with van der Waals surface area (Å²) in [5.74, 6) is -2.08. The molecule has 0 aromatic heterocycles. The molecule has 1 rings (SSSR count). The molecule has 1 aliphatic rings. The van der Waals surface area contributed by atoms with Gasteiger partial charge in [-0.2, -0.15) is 0 Å². The van der Waals surface area contributed by atoms with Crippen LogP contribution in [0.2, 0.25) is 0 Å². The SMILES string of the molecule is NC[C@@H]1OC(O)(CO)[C@@H](O)[C@@H]1O. The summed E-state index contributed by atoms with van der Waals surface area (Å²) in [6.07, 6.45) is -3.61. The molecule has 0 bridgehead atoms. The zero-order valence-corrected chi connectivity index (χ0v) is 6.42. The first-order valence-electron chi connectivity index (χ1n) is 3.62. The summed E-state index contributed by atoms with van der Waals surface area (Å²) < 4.78 is 4.75. The van der Waals surface area contributed by atoms with Gasteiger partial charge in [0.2, 0.25) is 5.79 Å². The monoisotopic (exact) mass is 179 g/mol. The molecule has 0 saturated carbocycles. The molecule has 0 amide bonds. The lowest BCUT2D eigenvalue weighted by molar-refractivity contribution is -0.244. The van der Waals surface area contributed by atoms with Crippen molar-refractivity contribution in [2.24, 2.45) is 5.73 Å². The largest absolute Gasteiger partial charge is 0.391 e. The molecule has 0 radical (unpaired) electrons. The number of nitrogens with two attached hydrogens (primary N) is 1. The van der Waals surface area contributed by atoms with E-state index in [9.17, 15) is 15.3 Å². The average Bonchev–Trinajstić information content (AvgIpc) is 2.31. The van der Waals surface area contributed by atoms with Crippen molar-refractivity contribution < 1.29 is 25.2 Å².